The van der Waals surface area contributed by atoms with Gasteiger partial charge in [-0.05, 0) is 68.6 Å². The van der Waals surface area contributed by atoms with Crippen molar-refractivity contribution in [2.45, 2.75) is 54.8 Å². The van der Waals surface area contributed by atoms with Gasteiger partial charge >= 0.3 is 10.2 Å². The molecule has 1 aromatic heterocycles. The van der Waals surface area contributed by atoms with Crippen molar-refractivity contribution in [3.8, 4) is 11.8 Å². The maximum atomic E-state index is 13.5. The molecule has 2 aromatic rings. The first-order valence-electron chi connectivity index (χ1n) is 11.4. The number of fused-ring (bicyclic) bond motifs is 1. The predicted molar refractivity (Wildman–Crippen MR) is 125 cm³/mol. The summed E-state index contributed by atoms with van der Waals surface area (Å²) in [5.41, 5.74) is 0.0773. The molecule has 1 aromatic carbocycles. The van der Waals surface area contributed by atoms with Crippen LogP contribution in [-0.4, -0.2) is 39.3 Å². The number of nitrogens with one attached hydrogen (secondary N) is 1. The summed E-state index contributed by atoms with van der Waals surface area (Å²) in [6.07, 6.45) is 4.00. The van der Waals surface area contributed by atoms with E-state index in [4.69, 9.17) is 11.6 Å². The second-order valence-corrected chi connectivity index (χ2v) is 12.0. The van der Waals surface area contributed by atoms with E-state index < -0.39 is 26.4 Å². The van der Waals surface area contributed by atoms with Gasteiger partial charge in [-0.1, -0.05) is 23.4 Å². The van der Waals surface area contributed by atoms with Gasteiger partial charge in [-0.3, -0.25) is 4.79 Å². The minimum Gasteiger partial charge on any atom is -0.378 e. The molecule has 1 amide bonds. The number of aliphatic hydroxyl groups is 1. The minimum atomic E-state index is -4.77. The van der Waals surface area contributed by atoms with Crippen molar-refractivity contribution >= 4 is 33.4 Å². The van der Waals surface area contributed by atoms with E-state index in [2.05, 4.69) is 22.1 Å². The monoisotopic (exact) mass is 523 g/mol. The number of nitrogens with zero attached hydrogens (tertiary/aromatic N) is 2. The second kappa shape index (κ2) is 8.29. The molecule has 7 nitrogen and oxygen atoms in total. The van der Waals surface area contributed by atoms with Crippen molar-refractivity contribution in [3.05, 3.63) is 46.8 Å². The third-order valence-corrected chi connectivity index (χ3v) is 9.21. The number of aromatic nitrogens is 2. The molecule has 2 unspecified atom stereocenters. The fraction of sp³-hybridized carbons (Fsp3) is 0.500. The van der Waals surface area contributed by atoms with Gasteiger partial charge in [0.2, 0.25) is 0 Å². The molecule has 0 saturated heterocycles. The lowest BCUT2D eigenvalue weighted by Crippen LogP contribution is -2.25. The number of carbonyl (C=O) groups is 1. The largest absolute Gasteiger partial charge is 0.378 e. The lowest BCUT2D eigenvalue weighted by atomic mass is 9.92. The number of anilines is 1. The highest BCUT2D eigenvalue weighted by molar-refractivity contribution is 7.88. The van der Waals surface area contributed by atoms with Crippen LogP contribution in [-0.2, 0) is 17.3 Å². The van der Waals surface area contributed by atoms with Crippen molar-refractivity contribution in [3.63, 3.8) is 0 Å². The van der Waals surface area contributed by atoms with Crippen LogP contribution in [0.1, 0.15) is 60.6 Å². The SMILES string of the molecule is Cn1cnc(C2CC3CC(O)(C#CC4(S(=O)(=O)F)CC4)CC3C2)c1C(=O)Nc1ccc(F)c(Cl)c1. The fourth-order valence-electron chi connectivity index (χ4n) is 5.55. The second-order valence-electron chi connectivity index (χ2n) is 9.98. The van der Waals surface area contributed by atoms with E-state index in [9.17, 15) is 26.6 Å². The molecule has 0 radical (unpaired) electrons. The molecule has 1 heterocycles. The van der Waals surface area contributed by atoms with Gasteiger partial charge in [0, 0.05) is 18.7 Å². The van der Waals surface area contributed by atoms with E-state index >= 15 is 0 Å². The van der Waals surface area contributed by atoms with Gasteiger partial charge in [0.15, 0.2) is 4.75 Å². The van der Waals surface area contributed by atoms with Gasteiger partial charge in [0.1, 0.15) is 17.1 Å². The van der Waals surface area contributed by atoms with Crippen molar-refractivity contribution < 1.29 is 26.6 Å². The predicted octanol–water partition coefficient (Wildman–Crippen LogP) is 3.93. The summed E-state index contributed by atoms with van der Waals surface area (Å²) in [5, 5.41) is 13.6. The summed E-state index contributed by atoms with van der Waals surface area (Å²) in [6, 6.07) is 3.95. The smallest absolute Gasteiger partial charge is 0.319 e. The first-order chi connectivity index (χ1) is 16.4. The zero-order chi connectivity index (χ0) is 25.2. The number of carbonyl (C=O) groups excluding carboxylic acids is 1. The number of rotatable bonds is 4. The molecular formula is C24H24ClF2N3O4S. The Morgan fingerprint density at radius 2 is 1.91 bits per heavy atom. The van der Waals surface area contributed by atoms with Crippen LogP contribution in [0.3, 0.4) is 0 Å². The third-order valence-electron chi connectivity index (χ3n) is 7.48. The molecule has 35 heavy (non-hydrogen) atoms. The molecule has 2 atom stereocenters. The number of imidazole rings is 1. The number of amides is 1. The van der Waals surface area contributed by atoms with E-state index in [0.29, 0.717) is 42.8 Å². The molecule has 0 bridgehead atoms. The quantitative estimate of drug-likeness (QED) is 0.467. The van der Waals surface area contributed by atoms with Crippen LogP contribution in [0.15, 0.2) is 24.5 Å². The Labute approximate surface area is 207 Å². The zero-order valence-corrected chi connectivity index (χ0v) is 20.5. The first kappa shape index (κ1) is 24.2. The van der Waals surface area contributed by atoms with E-state index in [-0.39, 0.29) is 41.5 Å². The Morgan fingerprint density at radius 1 is 1.26 bits per heavy atom. The summed E-state index contributed by atoms with van der Waals surface area (Å²) in [7, 11) is -3.05. The van der Waals surface area contributed by atoms with Gasteiger partial charge in [-0.15, -0.1) is 3.89 Å². The molecule has 5 rings (SSSR count). The van der Waals surface area contributed by atoms with E-state index in [1.54, 1.807) is 17.9 Å². The maximum absolute atomic E-state index is 13.5. The highest BCUT2D eigenvalue weighted by Gasteiger charge is 2.55. The van der Waals surface area contributed by atoms with Gasteiger partial charge in [-0.25, -0.2) is 9.37 Å². The Morgan fingerprint density at radius 3 is 2.49 bits per heavy atom. The maximum Gasteiger partial charge on any atom is 0.319 e. The lowest BCUT2D eigenvalue weighted by Gasteiger charge is -2.19. The molecule has 2 N–H and O–H groups in total. The van der Waals surface area contributed by atoms with Gasteiger partial charge in [0.05, 0.1) is 17.0 Å². The fourth-order valence-corrected chi connectivity index (χ4v) is 6.49. The molecule has 3 aliphatic carbocycles. The Kier molecular flexibility index (Phi) is 5.74. The van der Waals surface area contributed by atoms with Crippen LogP contribution in [0, 0.1) is 29.5 Å². The number of hydrogen-bond acceptors (Lipinski definition) is 5. The van der Waals surface area contributed by atoms with Crippen LogP contribution in [0.5, 0.6) is 0 Å². The molecule has 0 aliphatic heterocycles. The summed E-state index contributed by atoms with van der Waals surface area (Å²) in [6.45, 7) is 0. The van der Waals surface area contributed by atoms with Gasteiger partial charge in [-0.2, -0.15) is 8.42 Å². The Bertz CT molecular complexity index is 1360. The lowest BCUT2D eigenvalue weighted by molar-refractivity contribution is 0.0978. The van der Waals surface area contributed by atoms with Crippen LogP contribution >= 0.6 is 11.6 Å². The zero-order valence-electron chi connectivity index (χ0n) is 18.9. The van der Waals surface area contributed by atoms with Crippen LogP contribution in [0.4, 0.5) is 14.0 Å². The molecule has 11 heteroatoms. The van der Waals surface area contributed by atoms with Crippen molar-refractivity contribution in [2.75, 3.05) is 5.32 Å². The molecule has 3 saturated carbocycles. The summed E-state index contributed by atoms with van der Waals surface area (Å²) < 4.78 is 49.6. The molecule has 186 valence electrons. The van der Waals surface area contributed by atoms with Gasteiger partial charge < -0.3 is 15.0 Å². The topological polar surface area (TPSA) is 101 Å². The van der Waals surface area contributed by atoms with Crippen molar-refractivity contribution in [2.24, 2.45) is 18.9 Å². The number of aryl methyl sites for hydroxylation is 1. The highest BCUT2D eigenvalue weighted by Crippen LogP contribution is 2.54. The summed E-state index contributed by atoms with van der Waals surface area (Å²) in [5.74, 6) is 4.50. The van der Waals surface area contributed by atoms with Crippen molar-refractivity contribution in [1.82, 2.24) is 9.55 Å². The van der Waals surface area contributed by atoms with Crippen LogP contribution in [0.25, 0.3) is 0 Å². The summed E-state index contributed by atoms with van der Waals surface area (Å²) in [4.78, 5) is 17.5. The average molecular weight is 524 g/mol. The van der Waals surface area contributed by atoms with E-state index in [1.807, 2.05) is 0 Å². The molecular weight excluding hydrogens is 500 g/mol. The van der Waals surface area contributed by atoms with Gasteiger partial charge in [0.25, 0.3) is 5.91 Å². The molecule has 0 spiro atoms. The first-order valence-corrected chi connectivity index (χ1v) is 13.1. The number of halogens is 3. The average Bonchev–Trinajstić information content (AvgIpc) is 3.22. The number of benzene rings is 1. The van der Waals surface area contributed by atoms with Crippen molar-refractivity contribution in [1.29, 1.82) is 0 Å². The Hall–Kier alpha value is -2.48. The third kappa shape index (κ3) is 4.46. The van der Waals surface area contributed by atoms with E-state index in [0.717, 1.165) is 0 Å². The van der Waals surface area contributed by atoms with Crippen LogP contribution < -0.4 is 5.32 Å². The summed E-state index contributed by atoms with van der Waals surface area (Å²) >= 11 is 5.82. The van der Waals surface area contributed by atoms with Crippen LogP contribution in [0.2, 0.25) is 5.02 Å². The normalized spacial score (nSPS) is 28.8. The standard InChI is InChI=1S/C24H24ClF2N3O4S/c1-30-13-28-20(21(30)22(31)29-17-2-3-19(26)18(25)10-17)14-8-15-11-23(32,12-16(15)9-14)4-5-24(6-7-24)35(27,33)34/h2-3,10,13-16,32H,6-9,11-12H2,1H3,(H,29,31). The molecule has 3 fully saturated rings. The highest BCUT2D eigenvalue weighted by atomic mass is 35.5. The van der Waals surface area contributed by atoms with E-state index in [1.165, 1.54) is 18.2 Å². The Balaban J connectivity index is 1.29. The minimum absolute atomic E-state index is 0.00209. The molecule has 3 aliphatic rings. The number of hydrogen-bond donors (Lipinski definition) is 2.